The number of hydrogen-bond acceptors (Lipinski definition) is 6. The van der Waals surface area contributed by atoms with Crippen molar-refractivity contribution in [2.75, 3.05) is 4.90 Å². The highest BCUT2D eigenvalue weighted by atomic mass is 79.9. The fourth-order valence-electron chi connectivity index (χ4n) is 5.65. The first-order valence-corrected chi connectivity index (χ1v) is 13.3. The molecule has 0 aromatic heterocycles. The summed E-state index contributed by atoms with van der Waals surface area (Å²) in [5.74, 6) is -5.25. The van der Waals surface area contributed by atoms with E-state index < -0.39 is 51.2 Å². The Balaban J connectivity index is 1.68. The number of amides is 3. The van der Waals surface area contributed by atoms with E-state index in [1.54, 1.807) is 50.2 Å². The van der Waals surface area contributed by atoms with Gasteiger partial charge in [-0.25, -0.2) is 17.6 Å². The molecule has 2 aromatic carbocycles. The molecule has 35 heavy (non-hydrogen) atoms. The van der Waals surface area contributed by atoms with E-state index in [-0.39, 0.29) is 9.38 Å². The predicted octanol–water partition coefficient (Wildman–Crippen LogP) is 2.65. The Morgan fingerprint density at radius 3 is 2.06 bits per heavy atom. The Morgan fingerprint density at radius 1 is 0.914 bits per heavy atom. The summed E-state index contributed by atoms with van der Waals surface area (Å²) in [6, 6.07) is 8.80. The van der Waals surface area contributed by atoms with Gasteiger partial charge in [0, 0.05) is 4.48 Å². The van der Waals surface area contributed by atoms with Crippen LogP contribution in [0.4, 0.5) is 5.69 Å². The van der Waals surface area contributed by atoms with E-state index in [1.165, 1.54) is 6.08 Å². The van der Waals surface area contributed by atoms with Crippen molar-refractivity contribution in [1.29, 1.82) is 0 Å². The molecule has 0 spiro atoms. The fraction of sp³-hybridized carbons (Fsp3) is 0.320. The number of aryl methyl sites for hydroxylation is 4. The number of halogens is 1. The maximum Gasteiger partial charge on any atom is 0.274 e. The highest BCUT2D eigenvalue weighted by molar-refractivity contribution is 9.11. The molecule has 10 heteroatoms. The van der Waals surface area contributed by atoms with Crippen LogP contribution in [0.3, 0.4) is 0 Å². The van der Waals surface area contributed by atoms with Crippen LogP contribution in [-0.2, 0) is 24.4 Å². The molecule has 3 heterocycles. The zero-order valence-corrected chi connectivity index (χ0v) is 21.8. The molecule has 3 aliphatic heterocycles. The van der Waals surface area contributed by atoms with E-state index in [1.807, 2.05) is 13.8 Å². The van der Waals surface area contributed by atoms with Crippen LogP contribution in [-0.4, -0.2) is 47.2 Å². The Morgan fingerprint density at radius 2 is 1.49 bits per heavy atom. The largest absolute Gasteiger partial charge is 0.374 e. The third-order valence-corrected chi connectivity index (χ3v) is 10.0. The molecule has 0 radical (unpaired) electrons. The lowest BCUT2D eigenvalue weighted by molar-refractivity contribution is -0.165. The van der Waals surface area contributed by atoms with Crippen molar-refractivity contribution in [3.05, 3.63) is 69.2 Å². The minimum absolute atomic E-state index is 0.0167. The van der Waals surface area contributed by atoms with Gasteiger partial charge >= 0.3 is 0 Å². The molecule has 2 aromatic rings. The van der Waals surface area contributed by atoms with Gasteiger partial charge in [0.2, 0.25) is 11.8 Å². The molecule has 0 saturated carbocycles. The van der Waals surface area contributed by atoms with E-state index in [9.17, 15) is 27.9 Å². The molecule has 6 rings (SSSR count). The Bertz CT molecular complexity index is 1440. The van der Waals surface area contributed by atoms with Gasteiger partial charge in [0.25, 0.3) is 15.9 Å². The van der Waals surface area contributed by atoms with Gasteiger partial charge in [0.05, 0.1) is 28.5 Å². The maximum absolute atomic E-state index is 13.9. The Hall–Kier alpha value is -2.82. The number of nitrogens with zero attached hydrogens (tertiary/aromatic N) is 2. The number of benzene rings is 2. The topological polar surface area (TPSA) is 112 Å². The molecule has 4 unspecified atom stereocenters. The number of hydrogen-bond donors (Lipinski definition) is 1. The van der Waals surface area contributed by atoms with Crippen LogP contribution in [0.2, 0.25) is 0 Å². The standard InChI is InChI=1S/C25H23BrN2O6S/c1-12-5-7-16(8-6-12)27-22(29)19-17-11-18(26)25(32,20(19)23(27)30)24(31)28(17)35(33,34)21-14(3)9-13(2)10-15(21)4/h5-11,17,19-20,32H,1-4H3. The average Bonchev–Trinajstić information content (AvgIpc) is 3.02. The van der Waals surface area contributed by atoms with Gasteiger partial charge in [-0.3, -0.25) is 14.4 Å². The summed E-state index contributed by atoms with van der Waals surface area (Å²) in [6.07, 6.45) is 1.35. The van der Waals surface area contributed by atoms with Gasteiger partial charge in [-0.1, -0.05) is 51.3 Å². The minimum Gasteiger partial charge on any atom is -0.374 e. The number of aliphatic hydroxyl groups is 1. The first-order valence-electron chi connectivity index (χ1n) is 11.0. The van der Waals surface area contributed by atoms with Crippen molar-refractivity contribution in [3.63, 3.8) is 0 Å². The van der Waals surface area contributed by atoms with Crippen LogP contribution in [0, 0.1) is 39.5 Å². The van der Waals surface area contributed by atoms with Gasteiger partial charge in [0.1, 0.15) is 0 Å². The normalized spacial score (nSPS) is 28.0. The molecule has 8 nitrogen and oxygen atoms in total. The molecule has 2 fully saturated rings. The number of carbonyl (C=O) groups excluding carboxylic acids is 3. The third kappa shape index (κ3) is 3.06. The second-order valence-corrected chi connectivity index (χ2v) is 12.1. The highest BCUT2D eigenvalue weighted by Crippen LogP contribution is 2.54. The second-order valence-electron chi connectivity index (χ2n) is 9.46. The van der Waals surface area contributed by atoms with Crippen LogP contribution < -0.4 is 4.90 Å². The van der Waals surface area contributed by atoms with Crippen molar-refractivity contribution in [1.82, 2.24) is 4.31 Å². The summed E-state index contributed by atoms with van der Waals surface area (Å²) >= 11 is 3.19. The lowest BCUT2D eigenvalue weighted by Gasteiger charge is -2.50. The highest BCUT2D eigenvalue weighted by Gasteiger charge is 2.73. The average molecular weight is 559 g/mol. The van der Waals surface area contributed by atoms with Crippen LogP contribution in [0.5, 0.6) is 0 Å². The number of piperidine rings is 1. The van der Waals surface area contributed by atoms with Crippen molar-refractivity contribution in [3.8, 4) is 0 Å². The number of imide groups is 1. The number of carbonyl (C=O) groups is 3. The second kappa shape index (κ2) is 7.59. The number of sulfonamides is 1. The smallest absolute Gasteiger partial charge is 0.274 e. The molecule has 4 atom stereocenters. The van der Waals surface area contributed by atoms with Crippen LogP contribution in [0.1, 0.15) is 22.3 Å². The zero-order chi connectivity index (χ0) is 25.6. The van der Waals surface area contributed by atoms with E-state index in [2.05, 4.69) is 15.9 Å². The van der Waals surface area contributed by atoms with Crippen molar-refractivity contribution in [2.24, 2.45) is 11.8 Å². The van der Waals surface area contributed by atoms with Crippen LogP contribution >= 0.6 is 15.9 Å². The van der Waals surface area contributed by atoms with Gasteiger partial charge in [-0.2, -0.15) is 0 Å². The van der Waals surface area contributed by atoms with Crippen molar-refractivity contribution in [2.45, 2.75) is 44.2 Å². The summed E-state index contributed by atoms with van der Waals surface area (Å²) in [5.41, 5.74) is 0.440. The summed E-state index contributed by atoms with van der Waals surface area (Å²) in [7, 11) is -4.47. The van der Waals surface area contributed by atoms with Gasteiger partial charge in [-0.15, -0.1) is 0 Å². The zero-order valence-electron chi connectivity index (χ0n) is 19.4. The first kappa shape index (κ1) is 23.9. The number of fused-ring (bicyclic) bond motifs is 1. The molecule has 2 bridgehead atoms. The lowest BCUT2D eigenvalue weighted by Crippen LogP contribution is -2.70. The van der Waals surface area contributed by atoms with Gasteiger partial charge in [0.15, 0.2) is 5.60 Å². The fourth-order valence-corrected chi connectivity index (χ4v) is 8.33. The molecule has 1 N–H and O–H groups in total. The number of rotatable bonds is 3. The maximum atomic E-state index is 13.9. The van der Waals surface area contributed by atoms with Crippen molar-refractivity contribution >= 4 is 49.4 Å². The summed E-state index contributed by atoms with van der Waals surface area (Å²) in [5, 5.41) is 11.6. The quantitative estimate of drug-likeness (QED) is 0.579. The van der Waals surface area contributed by atoms with Crippen molar-refractivity contribution < 1.29 is 27.9 Å². The lowest BCUT2D eigenvalue weighted by atomic mass is 9.68. The molecule has 3 amide bonds. The summed E-state index contributed by atoms with van der Waals surface area (Å²) in [6.45, 7) is 6.95. The van der Waals surface area contributed by atoms with E-state index in [0.29, 0.717) is 21.1 Å². The SMILES string of the molecule is Cc1ccc(N2C(=O)C3C4C=C(Br)C(O)(C(=O)N4S(=O)(=O)c4c(C)cc(C)cc4C)C3C2=O)cc1. The third-order valence-electron chi connectivity index (χ3n) is 7.06. The number of anilines is 1. The Labute approximate surface area is 211 Å². The van der Waals surface area contributed by atoms with E-state index in [4.69, 9.17) is 0 Å². The summed E-state index contributed by atoms with van der Waals surface area (Å²) in [4.78, 5) is 41.6. The predicted molar refractivity (Wildman–Crippen MR) is 131 cm³/mol. The molecule has 4 aliphatic rings. The van der Waals surface area contributed by atoms with Crippen LogP contribution in [0.25, 0.3) is 0 Å². The molecule has 2 saturated heterocycles. The molecular weight excluding hydrogens is 536 g/mol. The molecule has 182 valence electrons. The van der Waals surface area contributed by atoms with E-state index in [0.717, 1.165) is 16.0 Å². The monoisotopic (exact) mass is 558 g/mol. The first-order chi connectivity index (χ1) is 16.3. The molecular formula is C25H23BrN2O6S. The Kier molecular flexibility index (Phi) is 5.18. The minimum atomic E-state index is -4.47. The van der Waals surface area contributed by atoms with E-state index >= 15 is 0 Å². The van der Waals surface area contributed by atoms with Gasteiger partial charge in [-0.05, 0) is 57.0 Å². The van der Waals surface area contributed by atoms with Crippen LogP contribution in [0.15, 0.2) is 51.9 Å². The molecule has 1 aliphatic carbocycles. The summed E-state index contributed by atoms with van der Waals surface area (Å²) < 4.78 is 28.4. The van der Waals surface area contributed by atoms with Gasteiger partial charge < -0.3 is 5.11 Å².